The molecule has 3 aromatic carbocycles. The highest BCUT2D eigenvalue weighted by atomic mass is 19.2. The van der Waals surface area contributed by atoms with Crippen LogP contribution < -0.4 is 0 Å². The Kier molecular flexibility index (Phi) is 7.44. The van der Waals surface area contributed by atoms with Crippen LogP contribution in [0, 0.1) is 52.6 Å². The second-order valence-electron chi connectivity index (χ2n) is 7.45. The lowest BCUT2D eigenvalue weighted by atomic mass is 10.0. The van der Waals surface area contributed by atoms with Gasteiger partial charge in [-0.2, -0.15) is 0 Å². The van der Waals surface area contributed by atoms with Gasteiger partial charge in [0, 0.05) is 16.5 Å². The monoisotopic (exact) mass is 452 g/mol. The molecule has 0 amide bonds. The van der Waals surface area contributed by atoms with E-state index in [0.717, 1.165) is 31.4 Å². The van der Waals surface area contributed by atoms with Gasteiger partial charge in [0.2, 0.25) is 0 Å². The molecule has 3 rings (SSSR count). The maximum Gasteiger partial charge on any atom is 0.195 e. The van der Waals surface area contributed by atoms with Crippen molar-refractivity contribution >= 4 is 10.8 Å². The van der Waals surface area contributed by atoms with E-state index < -0.39 is 51.8 Å². The largest absolute Gasteiger partial charge is 0.204 e. The Morgan fingerprint density at radius 1 is 0.656 bits per heavy atom. The summed E-state index contributed by atoms with van der Waals surface area (Å²) in [5.41, 5.74) is -1.67. The van der Waals surface area contributed by atoms with Crippen molar-refractivity contribution in [2.24, 2.45) is 0 Å². The van der Waals surface area contributed by atoms with Gasteiger partial charge < -0.3 is 0 Å². The van der Waals surface area contributed by atoms with Gasteiger partial charge in [0.1, 0.15) is 5.56 Å². The zero-order chi connectivity index (χ0) is 23.4. The minimum atomic E-state index is -1.63. The molecule has 0 nitrogen and oxygen atoms in total. The normalized spacial score (nSPS) is 11.0. The van der Waals surface area contributed by atoms with E-state index in [1.807, 2.05) is 6.92 Å². The first-order chi connectivity index (χ1) is 15.3. The van der Waals surface area contributed by atoms with Gasteiger partial charge in [-0.15, -0.1) is 0 Å². The summed E-state index contributed by atoms with van der Waals surface area (Å²) < 4.78 is 98.1. The fourth-order valence-electron chi connectivity index (χ4n) is 3.43. The molecule has 0 bridgehead atoms. The molecule has 0 N–H and O–H groups in total. The number of halogens is 7. The van der Waals surface area contributed by atoms with E-state index in [2.05, 4.69) is 11.8 Å². The quantitative estimate of drug-likeness (QED) is 0.118. The fourth-order valence-corrected chi connectivity index (χ4v) is 3.43. The number of unbranched alkanes of at least 4 members (excludes halogenated alkanes) is 4. The minimum Gasteiger partial charge on any atom is -0.204 e. The van der Waals surface area contributed by atoms with E-state index in [1.165, 1.54) is 12.1 Å². The average molecular weight is 452 g/mol. The SMILES string of the molecule is CCCCCCCc1c(F)c(F)c(C#Cc2ccc3c(F)c(F)c(F)cc3c2)c(F)c1F. The van der Waals surface area contributed by atoms with Crippen LogP contribution in [0.15, 0.2) is 24.3 Å². The van der Waals surface area contributed by atoms with Crippen LogP contribution in [0.3, 0.4) is 0 Å². The molecule has 0 spiro atoms. The third kappa shape index (κ3) is 4.74. The van der Waals surface area contributed by atoms with Gasteiger partial charge in [-0.25, -0.2) is 30.7 Å². The summed E-state index contributed by atoms with van der Waals surface area (Å²) in [6, 6.07) is 4.24. The second kappa shape index (κ2) is 10.1. The Balaban J connectivity index is 1.93. The standard InChI is InChI=1S/C25H19F7/c1-2-3-4-5-6-7-17-21(28)23(30)18(24(31)22(17)29)11-9-14-8-10-16-15(12-14)13-19(26)25(32)20(16)27/h8,10,12-13H,2-7H2,1H3. The molecule has 0 aliphatic heterocycles. The molecule has 3 aromatic rings. The predicted octanol–water partition coefficient (Wildman–Crippen LogP) is 7.73. The average Bonchev–Trinajstić information content (AvgIpc) is 2.78. The Bertz CT molecular complexity index is 1190. The Hall–Kier alpha value is -3.01. The molecule has 0 atom stereocenters. The number of hydrogen-bond donors (Lipinski definition) is 0. The topological polar surface area (TPSA) is 0 Å². The van der Waals surface area contributed by atoms with Crippen molar-refractivity contribution in [1.29, 1.82) is 0 Å². The lowest BCUT2D eigenvalue weighted by Gasteiger charge is -2.09. The highest BCUT2D eigenvalue weighted by Crippen LogP contribution is 2.26. The van der Waals surface area contributed by atoms with Crippen molar-refractivity contribution in [3.05, 3.63) is 81.7 Å². The summed E-state index contributed by atoms with van der Waals surface area (Å²) in [4.78, 5) is 0. The van der Waals surface area contributed by atoms with Crippen LogP contribution in [0.5, 0.6) is 0 Å². The molecule has 32 heavy (non-hydrogen) atoms. The minimum absolute atomic E-state index is 0.0371. The van der Waals surface area contributed by atoms with Crippen LogP contribution in [-0.4, -0.2) is 0 Å². The molecule has 0 heterocycles. The van der Waals surface area contributed by atoms with E-state index in [-0.39, 0.29) is 22.8 Å². The summed E-state index contributed by atoms with van der Waals surface area (Å²) in [5, 5.41) is -0.253. The van der Waals surface area contributed by atoms with E-state index in [4.69, 9.17) is 0 Å². The van der Waals surface area contributed by atoms with Crippen molar-refractivity contribution in [2.75, 3.05) is 0 Å². The molecule has 0 saturated carbocycles. The van der Waals surface area contributed by atoms with E-state index in [1.54, 1.807) is 0 Å². The summed E-state index contributed by atoms with van der Waals surface area (Å²) in [5.74, 6) is -6.20. The Labute approximate surface area is 181 Å². The zero-order valence-electron chi connectivity index (χ0n) is 17.2. The summed E-state index contributed by atoms with van der Waals surface area (Å²) in [6.45, 7) is 2.01. The van der Waals surface area contributed by atoms with Gasteiger partial charge >= 0.3 is 0 Å². The Morgan fingerprint density at radius 3 is 1.97 bits per heavy atom. The number of benzene rings is 3. The lowest BCUT2D eigenvalue weighted by molar-refractivity contribution is 0.432. The third-order valence-electron chi connectivity index (χ3n) is 5.19. The molecule has 0 aromatic heterocycles. The molecule has 0 aliphatic carbocycles. The first-order valence-corrected chi connectivity index (χ1v) is 10.2. The molecule has 0 aliphatic rings. The maximum atomic E-state index is 14.4. The van der Waals surface area contributed by atoms with Gasteiger partial charge in [0.05, 0.1) is 0 Å². The first-order valence-electron chi connectivity index (χ1n) is 10.2. The van der Waals surface area contributed by atoms with Crippen molar-refractivity contribution in [3.63, 3.8) is 0 Å². The van der Waals surface area contributed by atoms with E-state index in [0.29, 0.717) is 12.8 Å². The summed E-state index contributed by atoms with van der Waals surface area (Å²) >= 11 is 0. The first kappa shape index (κ1) is 23.6. The zero-order valence-corrected chi connectivity index (χ0v) is 17.2. The Morgan fingerprint density at radius 2 is 1.31 bits per heavy atom. The van der Waals surface area contributed by atoms with Crippen molar-refractivity contribution < 1.29 is 30.7 Å². The smallest absolute Gasteiger partial charge is 0.195 e. The molecular weight excluding hydrogens is 433 g/mol. The van der Waals surface area contributed by atoms with Gasteiger partial charge in [-0.05, 0) is 36.4 Å². The summed E-state index contributed by atoms with van der Waals surface area (Å²) in [7, 11) is 0. The van der Waals surface area contributed by atoms with Gasteiger partial charge in [-0.1, -0.05) is 50.5 Å². The van der Waals surface area contributed by atoms with Crippen molar-refractivity contribution in [2.45, 2.75) is 45.4 Å². The van der Waals surface area contributed by atoms with Crippen LogP contribution in [0.25, 0.3) is 10.8 Å². The molecule has 0 radical (unpaired) electrons. The van der Waals surface area contributed by atoms with Crippen LogP contribution in [0.4, 0.5) is 30.7 Å². The third-order valence-corrected chi connectivity index (χ3v) is 5.19. The molecule has 7 heteroatoms. The van der Waals surface area contributed by atoms with Crippen LogP contribution in [-0.2, 0) is 6.42 Å². The summed E-state index contributed by atoms with van der Waals surface area (Å²) in [6.07, 6.45) is 3.75. The molecule has 0 unspecified atom stereocenters. The van der Waals surface area contributed by atoms with Crippen molar-refractivity contribution in [3.8, 4) is 11.8 Å². The molecule has 168 valence electrons. The van der Waals surface area contributed by atoms with Gasteiger partial charge in [0.15, 0.2) is 40.7 Å². The number of fused-ring (bicyclic) bond motifs is 1. The number of rotatable bonds is 6. The lowest BCUT2D eigenvalue weighted by Crippen LogP contribution is -2.07. The molecule has 0 saturated heterocycles. The second-order valence-corrected chi connectivity index (χ2v) is 7.45. The number of hydrogen-bond acceptors (Lipinski definition) is 0. The van der Waals surface area contributed by atoms with Crippen molar-refractivity contribution in [1.82, 2.24) is 0 Å². The van der Waals surface area contributed by atoms with Gasteiger partial charge in [-0.3, -0.25) is 0 Å². The van der Waals surface area contributed by atoms with E-state index >= 15 is 0 Å². The highest BCUT2D eigenvalue weighted by Gasteiger charge is 2.24. The molecule has 0 fully saturated rings. The van der Waals surface area contributed by atoms with Crippen LogP contribution >= 0.6 is 0 Å². The van der Waals surface area contributed by atoms with Gasteiger partial charge in [0.25, 0.3) is 0 Å². The predicted molar refractivity (Wildman–Crippen MR) is 109 cm³/mol. The molecular formula is C25H19F7. The highest BCUT2D eigenvalue weighted by molar-refractivity contribution is 5.84. The fraction of sp³-hybridized carbons (Fsp3) is 0.280. The van der Waals surface area contributed by atoms with Crippen LogP contribution in [0.1, 0.15) is 55.7 Å². The van der Waals surface area contributed by atoms with E-state index in [9.17, 15) is 30.7 Å². The van der Waals surface area contributed by atoms with Crippen LogP contribution in [0.2, 0.25) is 0 Å². The maximum absolute atomic E-state index is 14.4.